The number of nitrogens with one attached hydrogen (secondary N) is 2. The van der Waals surface area contributed by atoms with Gasteiger partial charge in [0.2, 0.25) is 0 Å². The Morgan fingerprint density at radius 2 is 2.11 bits per heavy atom. The Kier molecular flexibility index (Phi) is 6.86. The number of hydrogen-bond donors (Lipinski definition) is 2. The van der Waals surface area contributed by atoms with Crippen molar-refractivity contribution in [2.75, 3.05) is 32.9 Å². The number of esters is 1. The van der Waals surface area contributed by atoms with Gasteiger partial charge in [0, 0.05) is 12.6 Å². The lowest BCUT2D eigenvalue weighted by Gasteiger charge is -2.29. The predicted molar refractivity (Wildman–Crippen MR) is 93.1 cm³/mol. The zero-order chi connectivity index (χ0) is 19.2. The quantitative estimate of drug-likeness (QED) is 0.446. The molecule has 152 valence electrons. The molecular weight excluding hydrogens is 356 g/mol. The molecule has 27 heavy (non-hydrogen) atoms. The summed E-state index contributed by atoms with van der Waals surface area (Å²) < 4.78 is 4.80. The number of piperidine rings is 2. The van der Waals surface area contributed by atoms with E-state index in [9.17, 15) is 14.4 Å². The van der Waals surface area contributed by atoms with Crippen LogP contribution >= 0.6 is 0 Å². The van der Waals surface area contributed by atoms with Crippen molar-refractivity contribution < 1.29 is 28.8 Å². The number of fused-ring (bicyclic) bond motifs is 2. The SMILES string of the molecule is CCOC(=O)CON1C(=O)N2CC1CCC2C(=O)NOC[C@H]1CCCCN1. The number of rotatable bonds is 8. The summed E-state index contributed by atoms with van der Waals surface area (Å²) in [5.74, 6) is -0.856. The lowest BCUT2D eigenvalue weighted by molar-refractivity contribution is -0.172. The third kappa shape index (κ3) is 4.88. The van der Waals surface area contributed by atoms with Crippen LogP contribution in [0.25, 0.3) is 0 Å². The van der Waals surface area contributed by atoms with Crippen LogP contribution in [0.1, 0.15) is 39.0 Å². The summed E-state index contributed by atoms with van der Waals surface area (Å²) in [6, 6.07) is -0.918. The Hall–Kier alpha value is -1.91. The first-order valence-corrected chi connectivity index (χ1v) is 9.63. The van der Waals surface area contributed by atoms with Gasteiger partial charge >= 0.3 is 12.0 Å². The average molecular weight is 384 g/mol. The molecule has 0 spiro atoms. The number of amides is 3. The van der Waals surface area contributed by atoms with Crippen molar-refractivity contribution in [3.63, 3.8) is 0 Å². The fourth-order valence-electron chi connectivity index (χ4n) is 3.74. The maximum atomic E-state index is 12.5. The molecule has 3 rings (SSSR count). The summed E-state index contributed by atoms with van der Waals surface area (Å²) in [7, 11) is 0. The van der Waals surface area contributed by atoms with Gasteiger partial charge in [0.25, 0.3) is 5.91 Å². The summed E-state index contributed by atoms with van der Waals surface area (Å²) >= 11 is 0. The van der Waals surface area contributed by atoms with Gasteiger partial charge < -0.3 is 15.0 Å². The summed E-state index contributed by atoms with van der Waals surface area (Å²) in [6.45, 7) is 3.40. The summed E-state index contributed by atoms with van der Waals surface area (Å²) in [5.41, 5.74) is 2.48. The zero-order valence-corrected chi connectivity index (χ0v) is 15.6. The molecule has 3 aliphatic heterocycles. The molecule has 3 fully saturated rings. The van der Waals surface area contributed by atoms with Crippen molar-refractivity contribution in [2.45, 2.75) is 57.2 Å². The first kappa shape index (κ1) is 19.8. The molecular formula is C17H28N4O6. The van der Waals surface area contributed by atoms with Crippen LogP contribution in [0, 0.1) is 0 Å². The van der Waals surface area contributed by atoms with Crippen LogP contribution in [0.15, 0.2) is 0 Å². The van der Waals surface area contributed by atoms with E-state index >= 15 is 0 Å². The summed E-state index contributed by atoms with van der Waals surface area (Å²) in [6.07, 6.45) is 4.49. The van der Waals surface area contributed by atoms with Crippen molar-refractivity contribution in [3.8, 4) is 0 Å². The van der Waals surface area contributed by atoms with Gasteiger partial charge in [0.05, 0.1) is 19.3 Å². The minimum atomic E-state index is -0.593. The number of ether oxygens (including phenoxy) is 1. The van der Waals surface area contributed by atoms with Crippen molar-refractivity contribution in [1.29, 1.82) is 0 Å². The zero-order valence-electron chi connectivity index (χ0n) is 15.6. The second-order valence-corrected chi connectivity index (χ2v) is 7.01. The highest BCUT2D eigenvalue weighted by Gasteiger charge is 2.48. The maximum absolute atomic E-state index is 12.5. The van der Waals surface area contributed by atoms with Crippen LogP contribution < -0.4 is 10.8 Å². The van der Waals surface area contributed by atoms with Crippen LogP contribution in [0.2, 0.25) is 0 Å². The van der Waals surface area contributed by atoms with E-state index in [1.165, 1.54) is 9.96 Å². The highest BCUT2D eigenvalue weighted by atomic mass is 16.7. The number of hydroxylamine groups is 3. The Bertz CT molecular complexity index is 554. The number of carbonyl (C=O) groups excluding carboxylic acids is 3. The molecule has 2 unspecified atom stereocenters. The van der Waals surface area contributed by atoms with Gasteiger partial charge in [-0.3, -0.25) is 14.5 Å². The minimum absolute atomic E-state index is 0.164. The Morgan fingerprint density at radius 3 is 2.85 bits per heavy atom. The molecule has 3 aliphatic rings. The maximum Gasteiger partial charge on any atom is 0.345 e. The first-order valence-electron chi connectivity index (χ1n) is 9.63. The van der Waals surface area contributed by atoms with E-state index in [-0.39, 0.29) is 31.2 Å². The van der Waals surface area contributed by atoms with Crippen LogP contribution in [0.5, 0.6) is 0 Å². The van der Waals surface area contributed by atoms with E-state index in [0.717, 1.165) is 25.8 Å². The lowest BCUT2D eigenvalue weighted by Crippen LogP contribution is -2.50. The molecule has 0 radical (unpaired) electrons. The van der Waals surface area contributed by atoms with Gasteiger partial charge in [-0.2, -0.15) is 5.06 Å². The van der Waals surface area contributed by atoms with Crippen LogP contribution in [-0.4, -0.2) is 78.9 Å². The first-order chi connectivity index (χ1) is 13.1. The van der Waals surface area contributed by atoms with E-state index in [0.29, 0.717) is 26.0 Å². The third-order valence-corrected chi connectivity index (χ3v) is 5.12. The Morgan fingerprint density at radius 1 is 1.26 bits per heavy atom. The average Bonchev–Trinajstić information content (AvgIpc) is 2.91. The molecule has 3 amide bonds. The molecule has 2 N–H and O–H groups in total. The molecule has 3 heterocycles. The van der Waals surface area contributed by atoms with Crippen LogP contribution in [0.3, 0.4) is 0 Å². The van der Waals surface area contributed by atoms with Crippen molar-refractivity contribution in [1.82, 2.24) is 20.8 Å². The van der Waals surface area contributed by atoms with Crippen molar-refractivity contribution >= 4 is 17.9 Å². The second kappa shape index (κ2) is 9.34. The van der Waals surface area contributed by atoms with Crippen molar-refractivity contribution in [3.05, 3.63) is 0 Å². The fourth-order valence-corrected chi connectivity index (χ4v) is 3.74. The summed E-state index contributed by atoms with van der Waals surface area (Å²) in [5, 5.41) is 4.53. The van der Waals surface area contributed by atoms with Gasteiger partial charge in [-0.15, -0.1) is 0 Å². The molecule has 0 aliphatic carbocycles. The largest absolute Gasteiger partial charge is 0.464 e. The Labute approximate surface area is 158 Å². The molecule has 0 aromatic carbocycles. The molecule has 0 aromatic rings. The number of hydrogen-bond acceptors (Lipinski definition) is 7. The van der Waals surface area contributed by atoms with Gasteiger partial charge in [0.15, 0.2) is 6.61 Å². The summed E-state index contributed by atoms with van der Waals surface area (Å²) in [4.78, 5) is 48.6. The van der Waals surface area contributed by atoms with Gasteiger partial charge in [-0.05, 0) is 39.2 Å². The topological polar surface area (TPSA) is 109 Å². The van der Waals surface area contributed by atoms with Gasteiger partial charge in [-0.25, -0.2) is 15.1 Å². The lowest BCUT2D eigenvalue weighted by atomic mass is 10.0. The van der Waals surface area contributed by atoms with E-state index in [1.807, 2.05) is 0 Å². The highest BCUT2D eigenvalue weighted by Crippen LogP contribution is 2.30. The molecule has 10 nitrogen and oxygen atoms in total. The van der Waals surface area contributed by atoms with E-state index < -0.39 is 18.0 Å². The van der Waals surface area contributed by atoms with E-state index in [4.69, 9.17) is 14.4 Å². The number of nitrogens with zero attached hydrogens (tertiary/aromatic N) is 2. The van der Waals surface area contributed by atoms with Crippen LogP contribution in [-0.2, 0) is 24.0 Å². The second-order valence-electron chi connectivity index (χ2n) is 7.01. The van der Waals surface area contributed by atoms with Gasteiger partial charge in [-0.1, -0.05) is 6.42 Å². The normalized spacial score (nSPS) is 27.6. The molecule has 3 saturated heterocycles. The molecule has 2 bridgehead atoms. The standard InChI is InChI=1S/C17H28N4O6/c1-2-25-15(22)11-27-21-13-6-7-14(20(9-13)17(21)24)16(23)19-26-10-12-5-3-4-8-18-12/h12-14,18H,2-11H2,1H3,(H,19,23)/t12-,13?,14?/m1/s1. The monoisotopic (exact) mass is 384 g/mol. The number of urea groups is 1. The van der Waals surface area contributed by atoms with Crippen molar-refractivity contribution in [2.24, 2.45) is 0 Å². The molecule has 3 atom stereocenters. The van der Waals surface area contributed by atoms with E-state index in [2.05, 4.69) is 10.8 Å². The molecule has 0 saturated carbocycles. The smallest absolute Gasteiger partial charge is 0.345 e. The fraction of sp³-hybridized carbons (Fsp3) is 0.824. The Balaban J connectivity index is 1.45. The van der Waals surface area contributed by atoms with Crippen LogP contribution in [0.4, 0.5) is 4.79 Å². The van der Waals surface area contributed by atoms with Gasteiger partial charge in [0.1, 0.15) is 6.04 Å². The van der Waals surface area contributed by atoms with E-state index in [1.54, 1.807) is 6.92 Å². The highest BCUT2D eigenvalue weighted by molar-refractivity contribution is 5.88. The third-order valence-electron chi connectivity index (χ3n) is 5.12. The molecule has 0 aromatic heterocycles. The minimum Gasteiger partial charge on any atom is -0.464 e. The molecule has 10 heteroatoms. The predicted octanol–water partition coefficient (Wildman–Crippen LogP) is -0.0604. The number of carbonyl (C=O) groups is 3.